The molecule has 1 saturated carbocycles. The van der Waals surface area contributed by atoms with Crippen LogP contribution in [0.1, 0.15) is 36.0 Å². The first-order chi connectivity index (χ1) is 17.2. The Bertz CT molecular complexity index is 1300. The van der Waals surface area contributed by atoms with Crippen LogP contribution in [0.25, 0.3) is 10.9 Å². The molecule has 0 saturated heterocycles. The molecule has 0 bridgehead atoms. The Kier molecular flexibility index (Phi) is 6.75. The maximum absolute atomic E-state index is 13.0. The van der Waals surface area contributed by atoms with E-state index >= 15 is 0 Å². The largest absolute Gasteiger partial charge is 0.497 e. The number of amides is 1. The number of carbonyl (C=O) groups is 1. The highest BCUT2D eigenvalue weighted by atomic mass is 16.5. The molecular formula is C28H28N4O3. The Labute approximate surface area is 204 Å². The minimum absolute atomic E-state index is 0.110. The van der Waals surface area contributed by atoms with Gasteiger partial charge in [-0.2, -0.15) is 0 Å². The number of rotatable bonds is 7. The average Bonchev–Trinajstić information content (AvgIpc) is 2.90. The van der Waals surface area contributed by atoms with Crippen molar-refractivity contribution in [3.63, 3.8) is 0 Å². The molecule has 2 N–H and O–H groups in total. The molecule has 1 amide bonds. The number of carbonyl (C=O) groups excluding carboxylic acids is 1. The Morgan fingerprint density at radius 2 is 1.60 bits per heavy atom. The van der Waals surface area contributed by atoms with Gasteiger partial charge in [0.25, 0.3) is 5.91 Å². The van der Waals surface area contributed by atoms with E-state index in [0.29, 0.717) is 17.4 Å². The molecule has 1 aliphatic carbocycles. The van der Waals surface area contributed by atoms with Gasteiger partial charge in [-0.15, -0.1) is 0 Å². The van der Waals surface area contributed by atoms with Gasteiger partial charge in [-0.05, 0) is 80.3 Å². The Morgan fingerprint density at radius 1 is 0.857 bits per heavy atom. The zero-order valence-electron chi connectivity index (χ0n) is 19.6. The molecule has 2 aromatic heterocycles. The number of ether oxygens (including phenoxy) is 2. The summed E-state index contributed by atoms with van der Waals surface area (Å²) in [5.74, 6) is 2.33. The monoisotopic (exact) mass is 468 g/mol. The number of nitrogens with zero attached hydrogens (tertiary/aromatic N) is 2. The van der Waals surface area contributed by atoms with Gasteiger partial charge in [0.05, 0.1) is 12.6 Å². The molecule has 1 fully saturated rings. The lowest BCUT2D eigenvalue weighted by Gasteiger charge is -2.30. The van der Waals surface area contributed by atoms with Gasteiger partial charge in [-0.3, -0.25) is 4.79 Å². The van der Waals surface area contributed by atoms with Gasteiger partial charge in [0.1, 0.15) is 22.9 Å². The normalized spacial score (nSPS) is 17.5. The number of aromatic nitrogens is 2. The van der Waals surface area contributed by atoms with E-state index in [9.17, 15) is 4.79 Å². The number of nitrogens with one attached hydrogen (secondary N) is 2. The van der Waals surface area contributed by atoms with Gasteiger partial charge in [-0.1, -0.05) is 18.2 Å². The van der Waals surface area contributed by atoms with Crippen molar-refractivity contribution < 1.29 is 14.3 Å². The van der Waals surface area contributed by atoms with E-state index in [1.807, 2.05) is 24.3 Å². The molecule has 0 spiro atoms. The number of fused-ring (bicyclic) bond motifs is 1. The van der Waals surface area contributed by atoms with Crippen molar-refractivity contribution in [1.29, 1.82) is 0 Å². The van der Waals surface area contributed by atoms with Crippen LogP contribution in [-0.2, 0) is 0 Å². The fourth-order valence-electron chi connectivity index (χ4n) is 4.40. The Morgan fingerprint density at radius 3 is 2.40 bits per heavy atom. The number of hydrogen-bond acceptors (Lipinski definition) is 6. The molecule has 2 aromatic carbocycles. The van der Waals surface area contributed by atoms with Crippen molar-refractivity contribution in [3.05, 3.63) is 84.6 Å². The van der Waals surface area contributed by atoms with Crippen LogP contribution in [-0.4, -0.2) is 35.1 Å². The summed E-state index contributed by atoms with van der Waals surface area (Å²) in [6.45, 7) is 0. The fourth-order valence-corrected chi connectivity index (χ4v) is 4.40. The lowest BCUT2D eigenvalue weighted by molar-refractivity contribution is 0.0923. The van der Waals surface area contributed by atoms with E-state index in [0.717, 1.165) is 48.2 Å². The lowest BCUT2D eigenvalue weighted by atomic mass is 9.91. The molecule has 178 valence electrons. The van der Waals surface area contributed by atoms with E-state index in [4.69, 9.17) is 14.5 Å². The van der Waals surface area contributed by atoms with Crippen LogP contribution in [0.15, 0.2) is 79.0 Å². The van der Waals surface area contributed by atoms with Crippen molar-refractivity contribution in [3.8, 4) is 17.4 Å². The molecule has 7 nitrogen and oxygen atoms in total. The first-order valence-corrected chi connectivity index (χ1v) is 11.9. The summed E-state index contributed by atoms with van der Waals surface area (Å²) in [5, 5.41) is 7.86. The van der Waals surface area contributed by atoms with Crippen molar-refractivity contribution in [2.24, 2.45) is 0 Å². The SMILES string of the molecule is COc1ccc(Oc2ncccc2C(=O)NC2CCC(Nc3ccc4ccccc4n3)CC2)cc1. The second-order valence-corrected chi connectivity index (χ2v) is 8.69. The number of anilines is 1. The van der Waals surface area contributed by atoms with E-state index < -0.39 is 0 Å². The second kappa shape index (κ2) is 10.4. The van der Waals surface area contributed by atoms with Crippen LogP contribution in [0.2, 0.25) is 0 Å². The molecule has 0 aliphatic heterocycles. The van der Waals surface area contributed by atoms with Gasteiger partial charge < -0.3 is 20.1 Å². The zero-order chi connectivity index (χ0) is 24.0. The van der Waals surface area contributed by atoms with Crippen molar-refractivity contribution in [2.75, 3.05) is 12.4 Å². The van der Waals surface area contributed by atoms with E-state index in [1.165, 1.54) is 0 Å². The van der Waals surface area contributed by atoms with Crippen LogP contribution in [0.3, 0.4) is 0 Å². The summed E-state index contributed by atoms with van der Waals surface area (Å²) in [4.78, 5) is 22.0. The molecule has 5 rings (SSSR count). The first-order valence-electron chi connectivity index (χ1n) is 11.9. The molecule has 35 heavy (non-hydrogen) atoms. The van der Waals surface area contributed by atoms with Gasteiger partial charge >= 0.3 is 0 Å². The molecule has 0 radical (unpaired) electrons. The summed E-state index contributed by atoms with van der Waals surface area (Å²) in [6, 6.07) is 23.3. The predicted molar refractivity (Wildman–Crippen MR) is 136 cm³/mol. The van der Waals surface area contributed by atoms with E-state index in [-0.39, 0.29) is 17.8 Å². The molecular weight excluding hydrogens is 440 g/mol. The minimum atomic E-state index is -0.172. The molecule has 0 unspecified atom stereocenters. The lowest BCUT2D eigenvalue weighted by Crippen LogP contribution is -2.40. The van der Waals surface area contributed by atoms with E-state index in [2.05, 4.69) is 27.8 Å². The highest BCUT2D eigenvalue weighted by molar-refractivity contribution is 5.96. The number of pyridine rings is 2. The molecule has 4 aromatic rings. The summed E-state index contributed by atoms with van der Waals surface area (Å²) >= 11 is 0. The third-order valence-corrected chi connectivity index (χ3v) is 6.30. The molecule has 2 heterocycles. The summed E-state index contributed by atoms with van der Waals surface area (Å²) < 4.78 is 11.1. The third-order valence-electron chi connectivity index (χ3n) is 6.30. The number of hydrogen-bond donors (Lipinski definition) is 2. The average molecular weight is 469 g/mol. The minimum Gasteiger partial charge on any atom is -0.497 e. The van der Waals surface area contributed by atoms with Crippen molar-refractivity contribution >= 4 is 22.6 Å². The predicted octanol–water partition coefficient (Wildman–Crippen LogP) is 5.58. The number of benzene rings is 2. The van der Waals surface area contributed by atoms with Gasteiger partial charge in [0, 0.05) is 23.7 Å². The van der Waals surface area contributed by atoms with Crippen molar-refractivity contribution in [2.45, 2.75) is 37.8 Å². The van der Waals surface area contributed by atoms with Crippen LogP contribution in [0.5, 0.6) is 17.4 Å². The fraction of sp³-hybridized carbons (Fsp3) is 0.250. The number of para-hydroxylation sites is 1. The molecule has 0 atom stereocenters. The maximum Gasteiger partial charge on any atom is 0.257 e. The Balaban J connectivity index is 1.17. The van der Waals surface area contributed by atoms with Crippen LogP contribution < -0.4 is 20.1 Å². The first kappa shape index (κ1) is 22.7. The number of methoxy groups -OCH3 is 1. The van der Waals surface area contributed by atoms with Crippen LogP contribution in [0.4, 0.5) is 5.82 Å². The smallest absolute Gasteiger partial charge is 0.257 e. The van der Waals surface area contributed by atoms with Gasteiger partial charge in [0.2, 0.25) is 5.88 Å². The topological polar surface area (TPSA) is 85.4 Å². The highest BCUT2D eigenvalue weighted by Gasteiger charge is 2.24. The van der Waals surface area contributed by atoms with Crippen LogP contribution >= 0.6 is 0 Å². The quantitative estimate of drug-likeness (QED) is 0.368. The second-order valence-electron chi connectivity index (χ2n) is 8.69. The van der Waals surface area contributed by atoms with Crippen molar-refractivity contribution in [1.82, 2.24) is 15.3 Å². The van der Waals surface area contributed by atoms with Gasteiger partial charge in [0.15, 0.2) is 0 Å². The standard InChI is InChI=1S/C28H28N4O3/c1-34-22-13-15-23(16-14-22)35-28-24(6-4-18-29-28)27(33)31-21-11-9-20(10-12-21)30-26-17-8-19-5-2-3-7-25(19)32-26/h2-8,13-18,20-21H,9-12H2,1H3,(H,30,32)(H,31,33). The molecule has 1 aliphatic rings. The van der Waals surface area contributed by atoms with Gasteiger partial charge in [-0.25, -0.2) is 9.97 Å². The summed E-state index contributed by atoms with van der Waals surface area (Å²) in [6.07, 6.45) is 5.33. The highest BCUT2D eigenvalue weighted by Crippen LogP contribution is 2.27. The maximum atomic E-state index is 13.0. The third kappa shape index (κ3) is 5.51. The van der Waals surface area contributed by atoms with Crippen LogP contribution in [0, 0.1) is 0 Å². The summed E-state index contributed by atoms with van der Waals surface area (Å²) in [7, 11) is 1.61. The van der Waals surface area contributed by atoms with E-state index in [1.54, 1.807) is 49.7 Å². The summed E-state index contributed by atoms with van der Waals surface area (Å²) in [5.41, 5.74) is 1.41. The zero-order valence-corrected chi connectivity index (χ0v) is 19.6. The molecule has 7 heteroatoms. The Hall–Kier alpha value is -4.13.